The lowest BCUT2D eigenvalue weighted by molar-refractivity contribution is -0.0573. The van der Waals surface area contributed by atoms with Crippen LogP contribution in [0.1, 0.15) is 33.9 Å². The molecule has 192 valence electrons. The number of nitrogens with two attached hydrogens (primary N) is 1. The fourth-order valence-corrected chi connectivity index (χ4v) is 4.57. The molecular weight excluding hydrogens is 512 g/mol. The van der Waals surface area contributed by atoms with Crippen molar-refractivity contribution in [1.29, 1.82) is 5.26 Å². The van der Waals surface area contributed by atoms with Crippen molar-refractivity contribution in [1.82, 2.24) is 19.5 Å². The van der Waals surface area contributed by atoms with Crippen molar-refractivity contribution < 1.29 is 23.8 Å². The van der Waals surface area contributed by atoms with Crippen LogP contribution in [0.25, 0.3) is 11.2 Å². The standard InChI is InChI=1S/C26H21ClN6O5/c1-26(13-28)19(38-23(35)16-10-6-3-7-11-16)17(12-36-22(34)15-8-4-2-5-9-15)37-24(26)33-14-30-18-20(27)31-25(29)32-21(18)33/h2-11,14,17,19,24H,12H2,1H3,(H2,29,31,32)/t17-,19-,24?,26-/m1/s1. The number of nitrogen functional groups attached to an aromatic ring is 1. The molecule has 1 unspecified atom stereocenters. The number of benzene rings is 2. The monoisotopic (exact) mass is 532 g/mol. The molecule has 0 spiro atoms. The highest BCUT2D eigenvalue weighted by Gasteiger charge is 2.58. The Kier molecular flexibility index (Phi) is 6.67. The minimum absolute atomic E-state index is 0.0308. The van der Waals surface area contributed by atoms with Crippen LogP contribution in [-0.4, -0.2) is 50.3 Å². The number of nitriles is 1. The molecule has 5 rings (SSSR count). The summed E-state index contributed by atoms with van der Waals surface area (Å²) < 4.78 is 19.1. The van der Waals surface area contributed by atoms with Gasteiger partial charge in [-0.1, -0.05) is 48.0 Å². The lowest BCUT2D eigenvalue weighted by Crippen LogP contribution is -2.41. The topological polar surface area (TPSA) is 155 Å². The number of aromatic nitrogens is 4. The van der Waals surface area contributed by atoms with Gasteiger partial charge in [0, 0.05) is 0 Å². The molecule has 2 N–H and O–H groups in total. The second-order valence-electron chi connectivity index (χ2n) is 8.77. The van der Waals surface area contributed by atoms with Gasteiger partial charge in [0.05, 0.1) is 23.5 Å². The lowest BCUT2D eigenvalue weighted by atomic mass is 9.83. The summed E-state index contributed by atoms with van der Waals surface area (Å²) in [6.45, 7) is 1.29. The zero-order chi connectivity index (χ0) is 26.9. The van der Waals surface area contributed by atoms with Gasteiger partial charge in [-0.3, -0.25) is 4.57 Å². The number of rotatable bonds is 6. The predicted molar refractivity (Wildman–Crippen MR) is 135 cm³/mol. The Morgan fingerprint density at radius 1 is 1.11 bits per heavy atom. The van der Waals surface area contributed by atoms with Gasteiger partial charge in [0.15, 0.2) is 23.1 Å². The highest BCUT2D eigenvalue weighted by atomic mass is 35.5. The number of imidazole rings is 1. The van der Waals surface area contributed by atoms with Gasteiger partial charge in [0.1, 0.15) is 23.6 Å². The third kappa shape index (κ3) is 4.51. The predicted octanol–water partition coefficient (Wildman–Crippen LogP) is 3.57. The number of carbonyl (C=O) groups is 2. The van der Waals surface area contributed by atoms with Gasteiger partial charge in [-0.2, -0.15) is 15.2 Å². The van der Waals surface area contributed by atoms with E-state index in [9.17, 15) is 14.9 Å². The summed E-state index contributed by atoms with van der Waals surface area (Å²) in [5.74, 6) is -1.35. The highest BCUT2D eigenvalue weighted by Crippen LogP contribution is 2.48. The van der Waals surface area contributed by atoms with Crippen LogP contribution in [0.4, 0.5) is 5.95 Å². The molecule has 2 aromatic carbocycles. The number of esters is 2. The number of nitrogens with zero attached hydrogens (tertiary/aromatic N) is 5. The van der Waals surface area contributed by atoms with E-state index < -0.39 is 35.8 Å². The Balaban J connectivity index is 1.50. The normalized spacial score (nSPS) is 22.6. The molecule has 0 aliphatic carbocycles. The fourth-order valence-electron chi connectivity index (χ4n) is 4.35. The molecule has 1 aliphatic heterocycles. The Labute approximate surface area is 221 Å². The molecule has 11 nitrogen and oxygen atoms in total. The van der Waals surface area contributed by atoms with Gasteiger partial charge in [-0.25, -0.2) is 14.6 Å². The van der Waals surface area contributed by atoms with Gasteiger partial charge in [-0.15, -0.1) is 0 Å². The van der Waals surface area contributed by atoms with Gasteiger partial charge in [0.25, 0.3) is 0 Å². The minimum atomic E-state index is -1.46. The van der Waals surface area contributed by atoms with E-state index in [1.807, 2.05) is 0 Å². The molecule has 1 aliphatic rings. The van der Waals surface area contributed by atoms with Crippen molar-refractivity contribution in [3.05, 3.63) is 83.3 Å². The van der Waals surface area contributed by atoms with Crippen molar-refractivity contribution in [2.75, 3.05) is 12.3 Å². The summed E-state index contributed by atoms with van der Waals surface area (Å²) in [4.78, 5) is 38.0. The van der Waals surface area contributed by atoms with Crippen molar-refractivity contribution in [2.45, 2.75) is 25.4 Å². The van der Waals surface area contributed by atoms with E-state index in [0.717, 1.165) is 0 Å². The van der Waals surface area contributed by atoms with Gasteiger partial charge in [0.2, 0.25) is 5.95 Å². The maximum atomic E-state index is 13.0. The zero-order valence-electron chi connectivity index (χ0n) is 20.0. The third-order valence-corrected chi connectivity index (χ3v) is 6.53. The Hall–Kier alpha value is -4.53. The van der Waals surface area contributed by atoms with Crippen LogP contribution in [0, 0.1) is 16.7 Å². The third-order valence-electron chi connectivity index (χ3n) is 6.27. The molecule has 1 fully saturated rings. The first-order chi connectivity index (χ1) is 18.3. The Morgan fingerprint density at radius 2 is 1.74 bits per heavy atom. The van der Waals surface area contributed by atoms with Crippen LogP contribution >= 0.6 is 11.6 Å². The largest absolute Gasteiger partial charge is 0.459 e. The molecule has 0 saturated carbocycles. The maximum absolute atomic E-state index is 13.0. The van der Waals surface area contributed by atoms with Gasteiger partial charge < -0.3 is 19.9 Å². The number of ether oxygens (including phenoxy) is 3. The van der Waals surface area contributed by atoms with Gasteiger partial charge >= 0.3 is 11.9 Å². The van der Waals surface area contributed by atoms with Crippen LogP contribution in [-0.2, 0) is 14.2 Å². The molecule has 0 amide bonds. The molecule has 0 radical (unpaired) electrons. The van der Waals surface area contributed by atoms with Crippen LogP contribution in [0.3, 0.4) is 0 Å². The smallest absolute Gasteiger partial charge is 0.338 e. The van der Waals surface area contributed by atoms with Crippen molar-refractivity contribution >= 4 is 40.7 Å². The average Bonchev–Trinajstić information content (AvgIpc) is 3.47. The van der Waals surface area contributed by atoms with E-state index in [2.05, 4.69) is 21.0 Å². The van der Waals surface area contributed by atoms with Gasteiger partial charge in [-0.05, 0) is 31.2 Å². The number of anilines is 1. The first-order valence-electron chi connectivity index (χ1n) is 11.5. The minimum Gasteiger partial charge on any atom is -0.459 e. The number of carbonyl (C=O) groups excluding carboxylic acids is 2. The molecule has 3 heterocycles. The number of halogens is 1. The van der Waals surface area contributed by atoms with Crippen LogP contribution in [0.5, 0.6) is 0 Å². The molecule has 1 saturated heterocycles. The number of hydrogen-bond acceptors (Lipinski definition) is 10. The zero-order valence-corrected chi connectivity index (χ0v) is 20.8. The Bertz CT molecular complexity index is 1540. The highest BCUT2D eigenvalue weighted by molar-refractivity contribution is 6.33. The first kappa shape index (κ1) is 25.1. The second kappa shape index (κ2) is 10.1. The summed E-state index contributed by atoms with van der Waals surface area (Å²) in [5.41, 5.74) is 5.43. The average molecular weight is 533 g/mol. The first-order valence-corrected chi connectivity index (χ1v) is 11.9. The molecule has 2 aromatic heterocycles. The van der Waals surface area contributed by atoms with Crippen LogP contribution < -0.4 is 5.73 Å². The fraction of sp³-hybridized carbons (Fsp3) is 0.231. The summed E-state index contributed by atoms with van der Waals surface area (Å²) in [6.07, 6.45) is -1.81. The van der Waals surface area contributed by atoms with Crippen molar-refractivity contribution in [3.63, 3.8) is 0 Å². The molecule has 12 heteroatoms. The van der Waals surface area contributed by atoms with Crippen molar-refractivity contribution in [3.8, 4) is 6.07 Å². The Morgan fingerprint density at radius 3 is 2.37 bits per heavy atom. The molecule has 4 atom stereocenters. The quantitative estimate of drug-likeness (QED) is 0.287. The molecule has 0 bridgehead atoms. The molecular formula is C26H21ClN6O5. The summed E-state index contributed by atoms with van der Waals surface area (Å²) in [5, 5.41) is 10.4. The van der Waals surface area contributed by atoms with Crippen LogP contribution in [0.2, 0.25) is 5.15 Å². The lowest BCUT2D eigenvalue weighted by Gasteiger charge is -2.28. The van der Waals surface area contributed by atoms with E-state index in [0.29, 0.717) is 5.56 Å². The maximum Gasteiger partial charge on any atom is 0.338 e. The van der Waals surface area contributed by atoms with E-state index >= 15 is 0 Å². The van der Waals surface area contributed by atoms with E-state index in [4.69, 9.17) is 31.5 Å². The summed E-state index contributed by atoms with van der Waals surface area (Å²) >= 11 is 6.18. The number of hydrogen-bond donors (Lipinski definition) is 1. The molecule has 4 aromatic rings. The number of fused-ring (bicyclic) bond motifs is 1. The van der Waals surface area contributed by atoms with Crippen molar-refractivity contribution in [2.24, 2.45) is 5.41 Å². The SMILES string of the molecule is C[C@]1(C#N)C(n2cnc3c(Cl)nc(N)nc32)O[C@H](COC(=O)c2ccccc2)[C@H]1OC(=O)c1ccccc1. The van der Waals surface area contributed by atoms with E-state index in [-0.39, 0.29) is 34.4 Å². The summed E-state index contributed by atoms with van der Waals surface area (Å²) in [7, 11) is 0. The van der Waals surface area contributed by atoms with E-state index in [1.54, 1.807) is 67.6 Å². The second-order valence-corrected chi connectivity index (χ2v) is 9.13. The molecule has 38 heavy (non-hydrogen) atoms. The van der Waals surface area contributed by atoms with E-state index in [1.165, 1.54) is 10.9 Å². The summed E-state index contributed by atoms with van der Waals surface area (Å²) in [6, 6.07) is 19.0. The van der Waals surface area contributed by atoms with Crippen LogP contribution in [0.15, 0.2) is 67.0 Å².